The van der Waals surface area contributed by atoms with E-state index in [-0.39, 0.29) is 72.7 Å². The van der Waals surface area contributed by atoms with E-state index in [0.717, 1.165) is 43.6 Å². The molecule has 240 valence electrons. The van der Waals surface area contributed by atoms with Gasteiger partial charge in [0.05, 0.1) is 38.4 Å². The number of alkyl halides is 1. The maximum atomic E-state index is 17.1. The number of ether oxygens (including phenoxy) is 2. The highest BCUT2D eigenvalue weighted by molar-refractivity contribution is 7.23. The Morgan fingerprint density at radius 1 is 1.22 bits per heavy atom. The van der Waals surface area contributed by atoms with E-state index in [1.165, 1.54) is 12.1 Å². The maximum absolute atomic E-state index is 17.1. The lowest BCUT2D eigenvalue weighted by atomic mass is 9.95. The summed E-state index contributed by atoms with van der Waals surface area (Å²) in [5.74, 6) is -0.996. The number of aliphatic hydroxyl groups is 1. The second-order valence-electron chi connectivity index (χ2n) is 12.6. The molecular formula is C32H30ClF3N6O3S. The number of nitriles is 1. The SMILES string of the molecule is N#Cc1c(N)sc2c(F)ccc(-c3c(Cl)c4c5c(nc(OC[C@@]67CCCN6C[C@H](F)C7)nc5c3F)N3CCCCC(O)C3CO4)c12. The van der Waals surface area contributed by atoms with Gasteiger partial charge in [0.2, 0.25) is 0 Å². The summed E-state index contributed by atoms with van der Waals surface area (Å²) in [6, 6.07) is 3.97. The number of aliphatic hydroxyl groups excluding tert-OH is 1. The van der Waals surface area contributed by atoms with E-state index in [4.69, 9.17) is 31.8 Å². The third-order valence-electron chi connectivity index (χ3n) is 10.0. The molecule has 4 aliphatic rings. The first kappa shape index (κ1) is 29.8. The van der Waals surface area contributed by atoms with Crippen molar-refractivity contribution in [3.63, 3.8) is 0 Å². The Bertz CT molecular complexity index is 1950. The summed E-state index contributed by atoms with van der Waals surface area (Å²) in [4.78, 5) is 13.4. The van der Waals surface area contributed by atoms with Crippen molar-refractivity contribution in [3.8, 4) is 29.0 Å². The molecule has 8 rings (SSSR count). The molecule has 3 N–H and O–H groups in total. The summed E-state index contributed by atoms with van der Waals surface area (Å²) in [5, 5.41) is 21.4. The molecule has 0 bridgehead atoms. The van der Waals surface area contributed by atoms with Crippen LogP contribution < -0.4 is 20.1 Å². The molecule has 4 aromatic rings. The fourth-order valence-electron chi connectivity index (χ4n) is 7.87. The van der Waals surface area contributed by atoms with Crippen LogP contribution in [-0.2, 0) is 0 Å². The Labute approximate surface area is 271 Å². The molecule has 2 aromatic heterocycles. The number of thiophene rings is 1. The molecule has 3 saturated heterocycles. The molecule has 4 aliphatic heterocycles. The number of hydrogen-bond acceptors (Lipinski definition) is 10. The third kappa shape index (κ3) is 4.41. The van der Waals surface area contributed by atoms with Crippen molar-refractivity contribution >= 4 is 54.7 Å². The maximum Gasteiger partial charge on any atom is 0.319 e. The lowest BCUT2D eigenvalue weighted by Gasteiger charge is -2.32. The summed E-state index contributed by atoms with van der Waals surface area (Å²) < 4.78 is 59.1. The second kappa shape index (κ2) is 11.0. The van der Waals surface area contributed by atoms with Crippen LogP contribution in [0, 0.1) is 23.0 Å². The van der Waals surface area contributed by atoms with Crippen LogP contribution in [0.4, 0.5) is 24.0 Å². The van der Waals surface area contributed by atoms with Crippen LogP contribution in [0.1, 0.15) is 44.1 Å². The Hall–Kier alpha value is -3.57. The van der Waals surface area contributed by atoms with Gasteiger partial charge in [-0.2, -0.15) is 15.2 Å². The van der Waals surface area contributed by atoms with Crippen LogP contribution in [0.2, 0.25) is 5.02 Å². The topological polar surface area (TPSA) is 121 Å². The quantitative estimate of drug-likeness (QED) is 0.271. The second-order valence-corrected chi connectivity index (χ2v) is 14.1. The normalized spacial score (nSPS) is 26.0. The zero-order valence-corrected chi connectivity index (χ0v) is 26.2. The van der Waals surface area contributed by atoms with E-state index in [0.29, 0.717) is 31.7 Å². The number of rotatable bonds is 4. The average Bonchev–Trinajstić information content (AvgIpc) is 3.59. The first-order valence-electron chi connectivity index (χ1n) is 15.4. The number of aromatic nitrogens is 2. The Kier molecular flexibility index (Phi) is 7.13. The lowest BCUT2D eigenvalue weighted by Crippen LogP contribution is -2.46. The summed E-state index contributed by atoms with van der Waals surface area (Å²) >= 11 is 7.89. The Balaban J connectivity index is 1.35. The number of nitrogens with two attached hydrogens (primary N) is 1. The molecule has 9 nitrogen and oxygen atoms in total. The summed E-state index contributed by atoms with van der Waals surface area (Å²) in [6.45, 7) is 1.83. The zero-order chi connectivity index (χ0) is 31.9. The minimum Gasteiger partial charge on any atom is -0.489 e. The van der Waals surface area contributed by atoms with E-state index < -0.39 is 35.5 Å². The summed E-state index contributed by atoms with van der Waals surface area (Å²) in [5.41, 5.74) is 5.50. The van der Waals surface area contributed by atoms with Crippen LogP contribution >= 0.6 is 22.9 Å². The molecular weight excluding hydrogens is 641 g/mol. The molecule has 0 aliphatic carbocycles. The molecule has 6 heterocycles. The molecule has 46 heavy (non-hydrogen) atoms. The summed E-state index contributed by atoms with van der Waals surface area (Å²) in [6.07, 6.45) is 2.44. The van der Waals surface area contributed by atoms with Gasteiger partial charge in [-0.15, -0.1) is 11.3 Å². The highest BCUT2D eigenvalue weighted by Gasteiger charge is 2.49. The first-order chi connectivity index (χ1) is 22.2. The molecule has 0 amide bonds. The Morgan fingerprint density at radius 2 is 2.07 bits per heavy atom. The van der Waals surface area contributed by atoms with Crippen molar-refractivity contribution in [2.75, 3.05) is 43.5 Å². The number of benzene rings is 2. The van der Waals surface area contributed by atoms with Gasteiger partial charge in [0.1, 0.15) is 47.6 Å². The molecule has 14 heteroatoms. The van der Waals surface area contributed by atoms with E-state index in [1.54, 1.807) is 0 Å². The minimum absolute atomic E-state index is 0.0175. The molecule has 2 unspecified atom stereocenters. The van der Waals surface area contributed by atoms with Crippen molar-refractivity contribution in [2.45, 2.75) is 62.4 Å². The van der Waals surface area contributed by atoms with E-state index in [2.05, 4.69) is 9.88 Å². The van der Waals surface area contributed by atoms with E-state index >= 15 is 4.39 Å². The first-order valence-corrected chi connectivity index (χ1v) is 16.6. The predicted octanol–water partition coefficient (Wildman–Crippen LogP) is 5.96. The van der Waals surface area contributed by atoms with Crippen LogP contribution in [0.5, 0.6) is 11.8 Å². The largest absolute Gasteiger partial charge is 0.489 e. The predicted molar refractivity (Wildman–Crippen MR) is 169 cm³/mol. The smallest absolute Gasteiger partial charge is 0.319 e. The van der Waals surface area contributed by atoms with Crippen LogP contribution in [0.3, 0.4) is 0 Å². The van der Waals surface area contributed by atoms with Crippen LogP contribution in [-0.4, -0.2) is 76.7 Å². The van der Waals surface area contributed by atoms with Gasteiger partial charge in [0.25, 0.3) is 0 Å². The number of fused-ring (bicyclic) bond motifs is 4. The standard InChI is InChI=1S/C32H30ClF3N6O3S/c33-24-22(16-5-6-18(35)28-21(16)17(11-37)29(38)46-28)25(36)26-23-27(24)44-13-19-20(43)4-1-2-9-42(19)30(23)40-31(39-26)45-14-32-7-3-8-41(32)12-15(34)10-32/h5-6,15,19-20,43H,1-4,7-10,12-14,38H2/t15-,19?,20?,32+/m1/s1. The van der Waals surface area contributed by atoms with Crippen molar-refractivity contribution in [3.05, 3.63) is 34.4 Å². The number of nitrogen functional groups attached to an aromatic ring is 1. The van der Waals surface area contributed by atoms with Gasteiger partial charge >= 0.3 is 6.01 Å². The molecule has 4 atom stereocenters. The number of anilines is 2. The van der Waals surface area contributed by atoms with Gasteiger partial charge in [-0.1, -0.05) is 17.7 Å². The van der Waals surface area contributed by atoms with Crippen molar-refractivity contribution in [1.29, 1.82) is 5.26 Å². The number of hydrogen-bond donors (Lipinski definition) is 2. The summed E-state index contributed by atoms with van der Waals surface area (Å²) in [7, 11) is 0. The van der Waals surface area contributed by atoms with Gasteiger partial charge in [-0.3, -0.25) is 4.90 Å². The minimum atomic E-state index is -0.954. The molecule has 3 fully saturated rings. The van der Waals surface area contributed by atoms with Gasteiger partial charge < -0.3 is 25.2 Å². The van der Waals surface area contributed by atoms with Crippen molar-refractivity contribution in [2.24, 2.45) is 0 Å². The fourth-order valence-corrected chi connectivity index (χ4v) is 9.15. The van der Waals surface area contributed by atoms with Gasteiger partial charge in [-0.25, -0.2) is 13.2 Å². The molecule has 0 spiro atoms. The monoisotopic (exact) mass is 670 g/mol. The fraction of sp³-hybridized carbons (Fsp3) is 0.469. The molecule has 2 aromatic carbocycles. The number of nitrogens with zero attached hydrogens (tertiary/aromatic N) is 5. The van der Waals surface area contributed by atoms with Gasteiger partial charge in [0, 0.05) is 30.5 Å². The highest BCUT2D eigenvalue weighted by atomic mass is 35.5. The van der Waals surface area contributed by atoms with Crippen molar-refractivity contribution in [1.82, 2.24) is 14.9 Å². The van der Waals surface area contributed by atoms with Crippen LogP contribution in [0.25, 0.3) is 32.1 Å². The van der Waals surface area contributed by atoms with E-state index in [9.17, 15) is 19.1 Å². The molecule has 0 saturated carbocycles. The lowest BCUT2D eigenvalue weighted by molar-refractivity contribution is 0.106. The third-order valence-corrected chi connectivity index (χ3v) is 11.4. The van der Waals surface area contributed by atoms with Crippen molar-refractivity contribution < 1.29 is 27.8 Å². The van der Waals surface area contributed by atoms with Gasteiger partial charge in [-0.05, 0) is 50.3 Å². The number of halogens is 4. The van der Waals surface area contributed by atoms with E-state index in [1.807, 2.05) is 11.0 Å². The van der Waals surface area contributed by atoms with Crippen LogP contribution in [0.15, 0.2) is 12.1 Å². The average molecular weight is 671 g/mol. The zero-order valence-electron chi connectivity index (χ0n) is 24.7. The Morgan fingerprint density at radius 3 is 2.89 bits per heavy atom. The molecule has 0 radical (unpaired) electrons. The highest BCUT2D eigenvalue weighted by Crippen LogP contribution is 2.51. The van der Waals surface area contributed by atoms with Gasteiger partial charge in [0.15, 0.2) is 11.6 Å².